The fourth-order valence-electron chi connectivity index (χ4n) is 4.40. The second-order valence-corrected chi connectivity index (χ2v) is 9.67. The van der Waals surface area contributed by atoms with Gasteiger partial charge in [-0.15, -0.1) is 0 Å². The molecule has 1 aromatic rings. The SMILES string of the molecule is CC(C)(C)C(NC(=O)C1CCN(C(=O)N2CCCC2)CC1)c1cccc(C(F)(F)F)c1. The van der Waals surface area contributed by atoms with Crippen LogP contribution in [0.1, 0.15) is 63.6 Å². The standard InChI is InChI=1S/C23H32F3N3O2/c1-22(2,3)19(17-7-6-8-18(15-17)23(24,25)26)27-20(30)16-9-13-29(14-10-16)21(31)28-11-4-5-12-28/h6-8,15-16,19H,4-5,9-14H2,1-3H3,(H,27,30). The molecule has 0 bridgehead atoms. The third-order valence-electron chi connectivity index (χ3n) is 6.21. The number of hydrogen-bond acceptors (Lipinski definition) is 2. The van der Waals surface area contributed by atoms with Gasteiger partial charge in [0.15, 0.2) is 0 Å². The minimum absolute atomic E-state index is 0.0490. The van der Waals surface area contributed by atoms with Crippen LogP contribution >= 0.6 is 0 Å². The molecule has 1 aromatic carbocycles. The average molecular weight is 440 g/mol. The molecule has 0 spiro atoms. The molecule has 1 unspecified atom stereocenters. The highest BCUT2D eigenvalue weighted by molar-refractivity contribution is 5.80. The summed E-state index contributed by atoms with van der Waals surface area (Å²) in [5.74, 6) is -0.413. The highest BCUT2D eigenvalue weighted by Crippen LogP contribution is 2.37. The van der Waals surface area contributed by atoms with Crippen molar-refractivity contribution < 1.29 is 22.8 Å². The maximum atomic E-state index is 13.2. The van der Waals surface area contributed by atoms with Crippen molar-refractivity contribution >= 4 is 11.9 Å². The fourth-order valence-corrected chi connectivity index (χ4v) is 4.40. The number of halogens is 3. The molecule has 3 amide bonds. The molecule has 2 heterocycles. The summed E-state index contributed by atoms with van der Waals surface area (Å²) in [6.07, 6.45) is -1.24. The summed E-state index contributed by atoms with van der Waals surface area (Å²) in [7, 11) is 0. The van der Waals surface area contributed by atoms with Crippen LogP contribution in [0.4, 0.5) is 18.0 Å². The quantitative estimate of drug-likeness (QED) is 0.733. The number of rotatable bonds is 3. The molecule has 8 heteroatoms. The van der Waals surface area contributed by atoms with Gasteiger partial charge in [-0.1, -0.05) is 32.9 Å². The number of urea groups is 1. The lowest BCUT2D eigenvalue weighted by Crippen LogP contribution is -2.48. The third kappa shape index (κ3) is 5.71. The molecular weight excluding hydrogens is 407 g/mol. The molecule has 2 fully saturated rings. The molecule has 0 aliphatic carbocycles. The number of carbonyl (C=O) groups excluding carboxylic acids is 2. The molecule has 2 aliphatic rings. The van der Waals surface area contributed by atoms with Gasteiger partial charge in [0.05, 0.1) is 11.6 Å². The van der Waals surface area contributed by atoms with Gasteiger partial charge in [0.2, 0.25) is 5.91 Å². The van der Waals surface area contributed by atoms with E-state index in [0.29, 0.717) is 31.5 Å². The minimum atomic E-state index is -4.43. The first-order valence-corrected chi connectivity index (χ1v) is 11.0. The Morgan fingerprint density at radius 1 is 1.00 bits per heavy atom. The van der Waals surface area contributed by atoms with Gasteiger partial charge in [0, 0.05) is 32.1 Å². The van der Waals surface area contributed by atoms with Crippen LogP contribution < -0.4 is 5.32 Å². The summed E-state index contributed by atoms with van der Waals surface area (Å²) >= 11 is 0. The first-order valence-electron chi connectivity index (χ1n) is 11.0. The van der Waals surface area contributed by atoms with Crippen molar-refractivity contribution in [2.75, 3.05) is 26.2 Å². The van der Waals surface area contributed by atoms with Crippen molar-refractivity contribution in [3.8, 4) is 0 Å². The number of nitrogens with zero attached hydrogens (tertiary/aromatic N) is 2. The predicted molar refractivity (Wildman–Crippen MR) is 112 cm³/mol. The monoisotopic (exact) mass is 439 g/mol. The van der Waals surface area contributed by atoms with Crippen LogP contribution in [0.5, 0.6) is 0 Å². The summed E-state index contributed by atoms with van der Waals surface area (Å²) in [6, 6.07) is 4.67. The minimum Gasteiger partial charge on any atom is -0.349 e. The maximum absolute atomic E-state index is 13.2. The van der Waals surface area contributed by atoms with E-state index >= 15 is 0 Å². The van der Waals surface area contributed by atoms with E-state index in [-0.39, 0.29) is 17.9 Å². The van der Waals surface area contributed by atoms with Crippen molar-refractivity contribution in [2.45, 2.75) is 58.7 Å². The molecule has 5 nitrogen and oxygen atoms in total. The van der Waals surface area contributed by atoms with E-state index in [4.69, 9.17) is 0 Å². The smallest absolute Gasteiger partial charge is 0.349 e. The van der Waals surface area contributed by atoms with Gasteiger partial charge in [0.25, 0.3) is 0 Å². The Kier molecular flexibility index (Phi) is 6.86. The molecule has 0 radical (unpaired) electrons. The molecule has 31 heavy (non-hydrogen) atoms. The lowest BCUT2D eigenvalue weighted by molar-refractivity contribution is -0.137. The molecule has 2 aliphatic heterocycles. The van der Waals surface area contributed by atoms with Crippen molar-refractivity contribution in [3.63, 3.8) is 0 Å². The number of benzene rings is 1. The summed E-state index contributed by atoms with van der Waals surface area (Å²) in [4.78, 5) is 29.2. The number of carbonyl (C=O) groups is 2. The van der Waals surface area contributed by atoms with Crippen LogP contribution in [-0.4, -0.2) is 47.9 Å². The fraction of sp³-hybridized carbons (Fsp3) is 0.652. The van der Waals surface area contributed by atoms with Crippen LogP contribution in [-0.2, 0) is 11.0 Å². The highest BCUT2D eigenvalue weighted by Gasteiger charge is 2.36. The van der Waals surface area contributed by atoms with Crippen molar-refractivity contribution in [2.24, 2.45) is 11.3 Å². The van der Waals surface area contributed by atoms with Gasteiger partial charge in [-0.25, -0.2) is 4.79 Å². The summed E-state index contributed by atoms with van der Waals surface area (Å²) in [5.41, 5.74) is -0.744. The zero-order valence-corrected chi connectivity index (χ0v) is 18.5. The van der Waals surface area contributed by atoms with E-state index in [2.05, 4.69) is 5.32 Å². The normalized spacial score (nSPS) is 19.4. The van der Waals surface area contributed by atoms with Gasteiger partial charge >= 0.3 is 12.2 Å². The zero-order chi connectivity index (χ0) is 22.8. The summed E-state index contributed by atoms with van der Waals surface area (Å²) in [6.45, 7) is 8.34. The Bertz CT molecular complexity index is 790. The van der Waals surface area contributed by atoms with Gasteiger partial charge in [-0.3, -0.25) is 4.79 Å². The van der Waals surface area contributed by atoms with E-state index in [1.165, 1.54) is 6.07 Å². The lowest BCUT2D eigenvalue weighted by atomic mass is 9.81. The van der Waals surface area contributed by atoms with Gasteiger partial charge < -0.3 is 15.1 Å². The van der Waals surface area contributed by atoms with Crippen LogP contribution in [0.3, 0.4) is 0 Å². The van der Waals surface area contributed by atoms with Crippen molar-refractivity contribution in [1.29, 1.82) is 0 Å². The van der Waals surface area contributed by atoms with E-state index in [1.54, 1.807) is 6.07 Å². The number of nitrogens with one attached hydrogen (secondary N) is 1. The van der Waals surface area contributed by atoms with Crippen molar-refractivity contribution in [1.82, 2.24) is 15.1 Å². The van der Waals surface area contributed by atoms with Gasteiger partial charge in [0.1, 0.15) is 0 Å². The number of hydrogen-bond donors (Lipinski definition) is 1. The zero-order valence-electron chi connectivity index (χ0n) is 18.5. The van der Waals surface area contributed by atoms with E-state index < -0.39 is 23.2 Å². The first-order chi connectivity index (χ1) is 14.5. The molecule has 0 saturated carbocycles. The second-order valence-electron chi connectivity index (χ2n) is 9.67. The summed E-state index contributed by atoms with van der Waals surface area (Å²) in [5, 5.41) is 3.00. The van der Waals surface area contributed by atoms with Crippen LogP contribution in [0, 0.1) is 11.3 Å². The Morgan fingerprint density at radius 2 is 1.58 bits per heavy atom. The maximum Gasteiger partial charge on any atom is 0.416 e. The van der Waals surface area contributed by atoms with E-state index in [0.717, 1.165) is 38.1 Å². The number of piperidine rings is 1. The first kappa shape index (κ1) is 23.4. The lowest BCUT2D eigenvalue weighted by Gasteiger charge is -2.36. The molecule has 3 rings (SSSR count). The second kappa shape index (κ2) is 9.09. The molecule has 1 atom stereocenters. The molecule has 172 valence electrons. The molecule has 0 aromatic heterocycles. The molecule has 2 saturated heterocycles. The number of likely N-dealkylation sites (tertiary alicyclic amines) is 2. The van der Waals surface area contributed by atoms with Crippen LogP contribution in [0.2, 0.25) is 0 Å². The number of alkyl halides is 3. The molecular formula is C23H32F3N3O2. The highest BCUT2D eigenvalue weighted by atomic mass is 19.4. The van der Waals surface area contributed by atoms with E-state index in [9.17, 15) is 22.8 Å². The third-order valence-corrected chi connectivity index (χ3v) is 6.21. The topological polar surface area (TPSA) is 52.7 Å². The van der Waals surface area contributed by atoms with Crippen LogP contribution in [0.25, 0.3) is 0 Å². The van der Waals surface area contributed by atoms with E-state index in [1.807, 2.05) is 30.6 Å². The largest absolute Gasteiger partial charge is 0.416 e. The summed E-state index contributed by atoms with van der Waals surface area (Å²) < 4.78 is 39.5. The van der Waals surface area contributed by atoms with Crippen LogP contribution in [0.15, 0.2) is 24.3 Å². The van der Waals surface area contributed by atoms with Crippen molar-refractivity contribution in [3.05, 3.63) is 35.4 Å². The number of amides is 3. The Labute approximate surface area is 182 Å². The van der Waals surface area contributed by atoms with Gasteiger partial charge in [-0.05, 0) is 48.8 Å². The average Bonchev–Trinajstić information content (AvgIpc) is 3.25. The Morgan fingerprint density at radius 3 is 2.13 bits per heavy atom. The predicted octanol–water partition coefficient (Wildman–Crippen LogP) is 4.84. The Balaban J connectivity index is 1.65. The Hall–Kier alpha value is -2.25. The molecule has 1 N–H and O–H groups in total. The van der Waals surface area contributed by atoms with Gasteiger partial charge in [-0.2, -0.15) is 13.2 Å².